The molecule has 0 unspecified atom stereocenters. The minimum absolute atomic E-state index is 0.0610. The molecule has 2 rings (SSSR count). The van der Waals surface area contributed by atoms with Crippen LogP contribution in [0.3, 0.4) is 0 Å². The average molecular weight is 200 g/mol. The van der Waals surface area contributed by atoms with Gasteiger partial charge in [0.2, 0.25) is 5.91 Å². The molecule has 0 aromatic heterocycles. The number of hydrogen-bond acceptors (Lipinski definition) is 4. The first-order valence-corrected chi connectivity index (χ1v) is 4.96. The van der Waals surface area contributed by atoms with E-state index >= 15 is 0 Å². The van der Waals surface area contributed by atoms with Crippen molar-refractivity contribution in [3.05, 3.63) is 0 Å². The Balaban J connectivity index is 1.87. The molecule has 80 valence electrons. The highest BCUT2D eigenvalue weighted by Gasteiger charge is 2.37. The molecule has 0 spiro atoms. The van der Waals surface area contributed by atoms with Crippen LogP contribution in [0.4, 0.5) is 0 Å². The van der Waals surface area contributed by atoms with E-state index < -0.39 is 5.54 Å². The van der Waals surface area contributed by atoms with Gasteiger partial charge in [0, 0.05) is 13.2 Å². The van der Waals surface area contributed by atoms with E-state index in [1.54, 1.807) is 0 Å². The lowest BCUT2D eigenvalue weighted by Crippen LogP contribution is -2.61. The summed E-state index contributed by atoms with van der Waals surface area (Å²) in [6.07, 6.45) is 1.21. The molecule has 0 aromatic rings. The van der Waals surface area contributed by atoms with E-state index in [0.29, 0.717) is 39.3 Å². The third-order valence-corrected chi connectivity index (χ3v) is 2.81. The zero-order valence-corrected chi connectivity index (χ0v) is 8.12. The van der Waals surface area contributed by atoms with Crippen LogP contribution in [-0.4, -0.2) is 43.9 Å². The summed E-state index contributed by atoms with van der Waals surface area (Å²) in [7, 11) is 0. The number of carbonyl (C=O) groups excluding carboxylic acids is 1. The van der Waals surface area contributed by atoms with Gasteiger partial charge in [0.15, 0.2) is 0 Å². The Hall–Kier alpha value is -0.650. The number of amides is 1. The highest BCUT2D eigenvalue weighted by atomic mass is 16.5. The van der Waals surface area contributed by atoms with Gasteiger partial charge in [0.1, 0.15) is 0 Å². The Morgan fingerprint density at radius 1 is 1.29 bits per heavy atom. The average Bonchev–Trinajstić information content (AvgIpc) is 2.12. The lowest BCUT2D eigenvalue weighted by Gasteiger charge is -2.35. The molecule has 2 heterocycles. The predicted molar refractivity (Wildman–Crippen MR) is 49.7 cm³/mol. The summed E-state index contributed by atoms with van der Waals surface area (Å²) in [5, 5.41) is 2.88. The van der Waals surface area contributed by atoms with Crippen molar-refractivity contribution in [3.63, 3.8) is 0 Å². The topological polar surface area (TPSA) is 73.6 Å². The van der Waals surface area contributed by atoms with Gasteiger partial charge in [-0.25, -0.2) is 0 Å². The lowest BCUT2D eigenvalue weighted by atomic mass is 9.90. The molecule has 5 nitrogen and oxygen atoms in total. The molecule has 0 aromatic carbocycles. The van der Waals surface area contributed by atoms with Gasteiger partial charge >= 0.3 is 0 Å². The van der Waals surface area contributed by atoms with E-state index in [9.17, 15) is 4.79 Å². The van der Waals surface area contributed by atoms with Crippen molar-refractivity contribution in [2.45, 2.75) is 24.4 Å². The maximum Gasteiger partial charge on any atom is 0.240 e. The lowest BCUT2D eigenvalue weighted by molar-refractivity contribution is -0.133. The van der Waals surface area contributed by atoms with Crippen LogP contribution in [0, 0.1) is 0 Å². The molecule has 0 saturated carbocycles. The Kier molecular flexibility index (Phi) is 2.71. The van der Waals surface area contributed by atoms with Gasteiger partial charge in [-0.3, -0.25) is 4.79 Å². The Bertz CT molecular complexity index is 222. The van der Waals surface area contributed by atoms with Crippen molar-refractivity contribution >= 4 is 5.91 Å². The third-order valence-electron chi connectivity index (χ3n) is 2.81. The second-order valence-corrected chi connectivity index (χ2v) is 3.98. The summed E-state index contributed by atoms with van der Waals surface area (Å²) >= 11 is 0. The quantitative estimate of drug-likeness (QED) is 0.600. The zero-order valence-electron chi connectivity index (χ0n) is 8.12. The van der Waals surface area contributed by atoms with Crippen LogP contribution in [0.15, 0.2) is 0 Å². The number of nitrogens with two attached hydrogens (primary N) is 1. The van der Waals surface area contributed by atoms with Crippen LogP contribution < -0.4 is 11.1 Å². The Labute approximate surface area is 82.9 Å². The van der Waals surface area contributed by atoms with Crippen LogP contribution in [0.5, 0.6) is 0 Å². The standard InChI is InChI=1S/C9H16N2O3/c10-9(1-3-13-4-2-9)8(12)11-7-5-14-6-7/h7H,1-6,10H2,(H,11,12). The van der Waals surface area contributed by atoms with Gasteiger partial charge < -0.3 is 20.5 Å². The Morgan fingerprint density at radius 3 is 2.43 bits per heavy atom. The number of rotatable bonds is 2. The molecule has 2 aliphatic rings. The maximum atomic E-state index is 11.8. The molecule has 0 bridgehead atoms. The van der Waals surface area contributed by atoms with Gasteiger partial charge in [-0.2, -0.15) is 0 Å². The monoisotopic (exact) mass is 200 g/mol. The molecule has 2 aliphatic heterocycles. The summed E-state index contributed by atoms with van der Waals surface area (Å²) in [6, 6.07) is 0.158. The molecule has 0 aliphatic carbocycles. The molecule has 3 N–H and O–H groups in total. The number of nitrogens with one attached hydrogen (secondary N) is 1. The largest absolute Gasteiger partial charge is 0.381 e. The van der Waals surface area contributed by atoms with Crippen molar-refractivity contribution in [1.29, 1.82) is 0 Å². The number of carbonyl (C=O) groups is 1. The van der Waals surface area contributed by atoms with Gasteiger partial charge in [-0.05, 0) is 12.8 Å². The van der Waals surface area contributed by atoms with Crippen LogP contribution in [0.2, 0.25) is 0 Å². The van der Waals surface area contributed by atoms with Crippen LogP contribution in [0.25, 0.3) is 0 Å². The second-order valence-electron chi connectivity index (χ2n) is 3.98. The summed E-state index contributed by atoms with van der Waals surface area (Å²) in [5.41, 5.74) is 5.27. The zero-order chi connectivity index (χ0) is 10.0. The molecule has 0 radical (unpaired) electrons. The van der Waals surface area contributed by atoms with Crippen molar-refractivity contribution in [3.8, 4) is 0 Å². The van der Waals surface area contributed by atoms with E-state index in [-0.39, 0.29) is 11.9 Å². The molecule has 1 amide bonds. The number of hydrogen-bond donors (Lipinski definition) is 2. The summed E-state index contributed by atoms with van der Waals surface area (Å²) < 4.78 is 10.2. The minimum Gasteiger partial charge on any atom is -0.381 e. The normalized spacial score (nSPS) is 26.6. The highest BCUT2D eigenvalue weighted by molar-refractivity contribution is 5.86. The van der Waals surface area contributed by atoms with Crippen LogP contribution in [-0.2, 0) is 14.3 Å². The first-order valence-electron chi connectivity index (χ1n) is 4.96. The molecule has 2 saturated heterocycles. The SMILES string of the molecule is NC1(C(=O)NC2COC2)CCOCC1. The van der Waals surface area contributed by atoms with E-state index in [0.717, 1.165) is 0 Å². The van der Waals surface area contributed by atoms with Crippen LogP contribution in [0.1, 0.15) is 12.8 Å². The third kappa shape index (κ3) is 1.89. The van der Waals surface area contributed by atoms with E-state index in [2.05, 4.69) is 5.32 Å². The van der Waals surface area contributed by atoms with Crippen molar-refractivity contribution in [2.24, 2.45) is 5.73 Å². The molecule has 0 atom stereocenters. The van der Waals surface area contributed by atoms with Crippen molar-refractivity contribution in [1.82, 2.24) is 5.32 Å². The van der Waals surface area contributed by atoms with Gasteiger partial charge in [-0.1, -0.05) is 0 Å². The summed E-state index contributed by atoms with van der Waals surface area (Å²) in [4.78, 5) is 11.8. The fourth-order valence-corrected chi connectivity index (χ4v) is 1.61. The van der Waals surface area contributed by atoms with Gasteiger partial charge in [0.05, 0.1) is 24.8 Å². The van der Waals surface area contributed by atoms with Gasteiger partial charge in [-0.15, -0.1) is 0 Å². The first-order chi connectivity index (χ1) is 6.71. The fraction of sp³-hybridized carbons (Fsp3) is 0.889. The molecular weight excluding hydrogens is 184 g/mol. The van der Waals surface area contributed by atoms with Gasteiger partial charge in [0.25, 0.3) is 0 Å². The minimum atomic E-state index is -0.728. The Morgan fingerprint density at radius 2 is 1.93 bits per heavy atom. The predicted octanol–water partition coefficient (Wildman–Crippen LogP) is -0.991. The number of ether oxygens (including phenoxy) is 2. The molecular formula is C9H16N2O3. The van der Waals surface area contributed by atoms with E-state index in [1.165, 1.54) is 0 Å². The van der Waals surface area contributed by atoms with Crippen molar-refractivity contribution in [2.75, 3.05) is 26.4 Å². The molecule has 2 fully saturated rings. The smallest absolute Gasteiger partial charge is 0.240 e. The highest BCUT2D eigenvalue weighted by Crippen LogP contribution is 2.18. The fourth-order valence-electron chi connectivity index (χ4n) is 1.61. The maximum absolute atomic E-state index is 11.8. The van der Waals surface area contributed by atoms with E-state index in [4.69, 9.17) is 15.2 Å². The molecule has 14 heavy (non-hydrogen) atoms. The van der Waals surface area contributed by atoms with E-state index in [1.807, 2.05) is 0 Å². The summed E-state index contributed by atoms with van der Waals surface area (Å²) in [5.74, 6) is -0.0610. The van der Waals surface area contributed by atoms with Crippen LogP contribution >= 0.6 is 0 Å². The summed E-state index contributed by atoms with van der Waals surface area (Å²) in [6.45, 7) is 2.37. The second kappa shape index (κ2) is 3.84. The van der Waals surface area contributed by atoms with Crippen molar-refractivity contribution < 1.29 is 14.3 Å². The first kappa shape index (κ1) is 9.89. The molecule has 5 heteroatoms.